The fourth-order valence-electron chi connectivity index (χ4n) is 2.94. The summed E-state index contributed by atoms with van der Waals surface area (Å²) in [5, 5.41) is 1.54. The van der Waals surface area contributed by atoms with Gasteiger partial charge in [0.1, 0.15) is 11.5 Å². The molecule has 124 valence electrons. The number of hydrogen-bond donors (Lipinski definition) is 1. The smallest absolute Gasteiger partial charge is 0.252 e. The Hall–Kier alpha value is -2.46. The van der Waals surface area contributed by atoms with E-state index in [2.05, 4.69) is 4.98 Å². The predicted octanol–water partition coefficient (Wildman–Crippen LogP) is 4.10. The third-order valence-electron chi connectivity index (χ3n) is 4.15. The van der Waals surface area contributed by atoms with Crippen molar-refractivity contribution in [2.24, 2.45) is 0 Å². The molecule has 0 fully saturated rings. The van der Waals surface area contributed by atoms with Gasteiger partial charge in [-0.05, 0) is 30.2 Å². The van der Waals surface area contributed by atoms with Crippen molar-refractivity contribution in [3.63, 3.8) is 0 Å². The number of H-pyrrole nitrogens is 1. The number of methoxy groups -OCH3 is 2. The molecule has 4 nitrogen and oxygen atoms in total. The monoisotopic (exact) mass is 343 g/mol. The van der Waals surface area contributed by atoms with E-state index in [4.69, 9.17) is 21.1 Å². The van der Waals surface area contributed by atoms with Crippen molar-refractivity contribution >= 4 is 22.5 Å². The van der Waals surface area contributed by atoms with Gasteiger partial charge < -0.3 is 14.5 Å². The lowest BCUT2D eigenvalue weighted by molar-refractivity contribution is 0.397. The van der Waals surface area contributed by atoms with E-state index in [1.165, 1.54) is 0 Å². The maximum absolute atomic E-state index is 12.6. The Morgan fingerprint density at radius 1 is 1.12 bits per heavy atom. The summed E-state index contributed by atoms with van der Waals surface area (Å²) in [6.07, 6.45) is 0.507. The van der Waals surface area contributed by atoms with E-state index in [9.17, 15) is 4.79 Å². The Kier molecular flexibility index (Phi) is 4.49. The van der Waals surface area contributed by atoms with Crippen molar-refractivity contribution in [1.82, 2.24) is 4.98 Å². The van der Waals surface area contributed by atoms with E-state index in [-0.39, 0.29) is 5.56 Å². The molecular weight excluding hydrogens is 326 g/mol. The van der Waals surface area contributed by atoms with Crippen molar-refractivity contribution in [2.45, 2.75) is 13.3 Å². The first-order chi connectivity index (χ1) is 11.5. The minimum absolute atomic E-state index is 0.115. The number of benzene rings is 2. The molecule has 0 spiro atoms. The summed E-state index contributed by atoms with van der Waals surface area (Å²) in [6.45, 7) is 1.94. The Morgan fingerprint density at radius 2 is 1.92 bits per heavy atom. The Morgan fingerprint density at radius 3 is 2.58 bits per heavy atom. The highest BCUT2D eigenvalue weighted by atomic mass is 35.5. The Bertz CT molecular complexity index is 963. The van der Waals surface area contributed by atoms with Crippen LogP contribution in [0.3, 0.4) is 0 Å². The molecule has 5 heteroatoms. The molecule has 24 heavy (non-hydrogen) atoms. The van der Waals surface area contributed by atoms with Crippen LogP contribution in [0.1, 0.15) is 16.7 Å². The van der Waals surface area contributed by atoms with E-state index in [0.717, 1.165) is 16.5 Å². The number of aryl methyl sites for hydroxylation is 1. The average molecular weight is 344 g/mol. The number of aromatic amines is 1. The van der Waals surface area contributed by atoms with Crippen LogP contribution in [-0.4, -0.2) is 19.2 Å². The third kappa shape index (κ3) is 2.97. The maximum atomic E-state index is 12.6. The van der Waals surface area contributed by atoms with Gasteiger partial charge in [0.05, 0.1) is 19.7 Å². The molecule has 0 bridgehead atoms. The second-order valence-corrected chi connectivity index (χ2v) is 6.05. The fourth-order valence-corrected chi connectivity index (χ4v) is 3.15. The quantitative estimate of drug-likeness (QED) is 0.776. The molecule has 0 saturated carbocycles. The van der Waals surface area contributed by atoms with Gasteiger partial charge in [0.2, 0.25) is 0 Å². The zero-order valence-electron chi connectivity index (χ0n) is 13.8. The highest BCUT2D eigenvalue weighted by Gasteiger charge is 2.15. The fraction of sp³-hybridized carbons (Fsp3) is 0.211. The van der Waals surface area contributed by atoms with Crippen molar-refractivity contribution in [3.05, 3.63) is 68.5 Å². The van der Waals surface area contributed by atoms with Crippen molar-refractivity contribution in [3.8, 4) is 11.5 Å². The molecule has 0 radical (unpaired) electrons. The molecule has 1 heterocycles. The van der Waals surface area contributed by atoms with Crippen LogP contribution in [0.2, 0.25) is 5.02 Å². The molecule has 0 unspecified atom stereocenters. The van der Waals surface area contributed by atoms with Gasteiger partial charge in [0.25, 0.3) is 5.56 Å². The van der Waals surface area contributed by atoms with Gasteiger partial charge in [-0.1, -0.05) is 23.7 Å². The van der Waals surface area contributed by atoms with Crippen LogP contribution in [0, 0.1) is 6.92 Å². The largest absolute Gasteiger partial charge is 0.497 e. The van der Waals surface area contributed by atoms with E-state index in [1.807, 2.05) is 37.3 Å². The van der Waals surface area contributed by atoms with Gasteiger partial charge in [0, 0.05) is 34.5 Å². The number of nitrogens with one attached hydrogen (secondary N) is 1. The molecule has 3 aromatic rings. The van der Waals surface area contributed by atoms with Gasteiger partial charge in [-0.25, -0.2) is 0 Å². The molecule has 0 saturated heterocycles. The first kappa shape index (κ1) is 16.4. The van der Waals surface area contributed by atoms with Crippen molar-refractivity contribution < 1.29 is 9.47 Å². The first-order valence-electron chi connectivity index (χ1n) is 7.55. The summed E-state index contributed by atoms with van der Waals surface area (Å²) < 4.78 is 10.8. The lowest BCUT2D eigenvalue weighted by Crippen LogP contribution is -2.15. The minimum Gasteiger partial charge on any atom is -0.497 e. The van der Waals surface area contributed by atoms with E-state index in [1.54, 1.807) is 20.3 Å². The molecule has 0 aliphatic heterocycles. The second-order valence-electron chi connectivity index (χ2n) is 5.62. The number of ether oxygens (including phenoxy) is 2. The highest BCUT2D eigenvalue weighted by molar-refractivity contribution is 6.30. The van der Waals surface area contributed by atoms with Gasteiger partial charge in [-0.2, -0.15) is 0 Å². The molecular formula is C19H18ClNO3. The molecule has 3 rings (SSSR count). The predicted molar refractivity (Wildman–Crippen MR) is 96.7 cm³/mol. The van der Waals surface area contributed by atoms with Crippen molar-refractivity contribution in [2.75, 3.05) is 14.2 Å². The lowest BCUT2D eigenvalue weighted by Gasteiger charge is -2.14. The van der Waals surface area contributed by atoms with E-state index >= 15 is 0 Å². The van der Waals surface area contributed by atoms with Gasteiger partial charge >= 0.3 is 0 Å². The van der Waals surface area contributed by atoms with Gasteiger partial charge in [-0.15, -0.1) is 0 Å². The molecule has 0 amide bonds. The summed E-state index contributed by atoms with van der Waals surface area (Å²) in [4.78, 5) is 15.5. The zero-order valence-corrected chi connectivity index (χ0v) is 14.5. The minimum atomic E-state index is -0.115. The van der Waals surface area contributed by atoms with Crippen LogP contribution in [0.25, 0.3) is 10.9 Å². The molecule has 0 aliphatic rings. The molecule has 0 aliphatic carbocycles. The number of hydrogen-bond acceptors (Lipinski definition) is 3. The average Bonchev–Trinajstić information content (AvgIpc) is 2.57. The number of halogens is 1. The van der Waals surface area contributed by atoms with Crippen LogP contribution >= 0.6 is 11.6 Å². The third-order valence-corrected chi connectivity index (χ3v) is 4.39. The molecule has 0 atom stereocenters. The summed E-state index contributed by atoms with van der Waals surface area (Å²) in [5.41, 5.74) is 3.17. The van der Waals surface area contributed by atoms with Gasteiger partial charge in [0.15, 0.2) is 0 Å². The number of aromatic nitrogens is 1. The SMILES string of the molecule is COc1cc(OC)c2c(C)c(Cc3cccc(Cl)c3)c(=O)[nH]c2c1. The topological polar surface area (TPSA) is 51.3 Å². The Balaban J connectivity index is 2.21. The second kappa shape index (κ2) is 6.57. The number of pyridine rings is 1. The van der Waals surface area contributed by atoms with Crippen LogP contribution in [0.5, 0.6) is 11.5 Å². The summed E-state index contributed by atoms with van der Waals surface area (Å²) in [5.74, 6) is 1.31. The van der Waals surface area contributed by atoms with Gasteiger partial charge in [-0.3, -0.25) is 4.79 Å². The van der Waals surface area contributed by atoms with E-state index in [0.29, 0.717) is 34.0 Å². The molecule has 2 aromatic carbocycles. The lowest BCUT2D eigenvalue weighted by atomic mass is 9.98. The zero-order chi connectivity index (χ0) is 17.3. The first-order valence-corrected chi connectivity index (χ1v) is 7.93. The van der Waals surface area contributed by atoms with Crippen LogP contribution in [0.15, 0.2) is 41.2 Å². The maximum Gasteiger partial charge on any atom is 0.252 e. The summed E-state index contributed by atoms with van der Waals surface area (Å²) in [7, 11) is 3.19. The standard InChI is InChI=1S/C19H18ClNO3/c1-11-15(8-12-5-4-6-13(20)7-12)19(22)21-16-9-14(23-2)10-17(24-3)18(11)16/h4-7,9-10H,8H2,1-3H3,(H,21,22). The van der Waals surface area contributed by atoms with Crippen LogP contribution < -0.4 is 15.0 Å². The van der Waals surface area contributed by atoms with Crippen molar-refractivity contribution in [1.29, 1.82) is 0 Å². The molecule has 1 aromatic heterocycles. The number of rotatable bonds is 4. The van der Waals surface area contributed by atoms with E-state index < -0.39 is 0 Å². The van der Waals surface area contributed by atoms with Crippen LogP contribution in [0.4, 0.5) is 0 Å². The number of fused-ring (bicyclic) bond motifs is 1. The summed E-state index contributed by atoms with van der Waals surface area (Å²) >= 11 is 6.05. The molecule has 1 N–H and O–H groups in total. The normalized spacial score (nSPS) is 10.8. The van der Waals surface area contributed by atoms with Crippen LogP contribution in [-0.2, 0) is 6.42 Å². The summed E-state index contributed by atoms with van der Waals surface area (Å²) in [6, 6.07) is 11.1. The highest BCUT2D eigenvalue weighted by Crippen LogP contribution is 2.33. The Labute approximate surface area is 145 Å².